The van der Waals surface area contributed by atoms with Gasteiger partial charge in [0.1, 0.15) is 0 Å². The van der Waals surface area contributed by atoms with E-state index in [0.29, 0.717) is 6.04 Å². The third kappa shape index (κ3) is 3.63. The van der Waals surface area contributed by atoms with Crippen LogP contribution in [0, 0.1) is 0 Å². The lowest BCUT2D eigenvalue weighted by atomic mass is 10.1. The molecule has 2 unspecified atom stereocenters. The van der Waals surface area contributed by atoms with Gasteiger partial charge in [-0.1, -0.05) is 13.3 Å². The van der Waals surface area contributed by atoms with Crippen LogP contribution in [0.15, 0.2) is 0 Å². The first kappa shape index (κ1) is 11.0. The van der Waals surface area contributed by atoms with Gasteiger partial charge in [-0.3, -0.25) is 4.90 Å². The Morgan fingerprint density at radius 1 is 1.62 bits per heavy atom. The molecule has 0 spiro atoms. The van der Waals surface area contributed by atoms with Gasteiger partial charge in [0.25, 0.3) is 0 Å². The minimum atomic E-state index is -0.171. The van der Waals surface area contributed by atoms with Crippen molar-refractivity contribution in [3.63, 3.8) is 0 Å². The van der Waals surface area contributed by atoms with Crippen LogP contribution in [-0.4, -0.2) is 49.0 Å². The molecule has 3 nitrogen and oxygen atoms in total. The summed E-state index contributed by atoms with van der Waals surface area (Å²) in [4.78, 5) is 2.22. The number of likely N-dealkylation sites (N-methyl/N-ethyl adjacent to an activating group) is 1. The van der Waals surface area contributed by atoms with Crippen LogP contribution in [0.1, 0.15) is 26.2 Å². The number of rotatable bonds is 5. The summed E-state index contributed by atoms with van der Waals surface area (Å²) >= 11 is 0. The third-order valence-electron chi connectivity index (χ3n) is 2.65. The average Bonchev–Trinajstić information content (AvgIpc) is 2.55. The summed E-state index contributed by atoms with van der Waals surface area (Å²) in [7, 11) is 2.07. The van der Waals surface area contributed by atoms with Crippen molar-refractivity contribution >= 4 is 0 Å². The summed E-state index contributed by atoms with van der Waals surface area (Å²) in [6.45, 7) is 4.58. The predicted octanol–water partition coefficient (Wildman–Crippen LogP) is 0.868. The molecule has 1 rings (SSSR count). The van der Waals surface area contributed by atoms with Crippen molar-refractivity contribution < 1.29 is 9.84 Å². The van der Waals surface area contributed by atoms with Crippen molar-refractivity contribution in [2.75, 3.05) is 26.8 Å². The van der Waals surface area contributed by atoms with E-state index in [1.165, 1.54) is 0 Å². The molecule has 0 aliphatic carbocycles. The van der Waals surface area contributed by atoms with Gasteiger partial charge in [0, 0.05) is 19.2 Å². The molecular formula is C10H21NO2. The van der Waals surface area contributed by atoms with E-state index in [2.05, 4.69) is 18.9 Å². The molecule has 1 aliphatic rings. The second-order valence-corrected chi connectivity index (χ2v) is 3.90. The molecule has 0 saturated carbocycles. The Morgan fingerprint density at radius 2 is 2.38 bits per heavy atom. The lowest BCUT2D eigenvalue weighted by Gasteiger charge is -2.25. The number of ether oxygens (including phenoxy) is 1. The van der Waals surface area contributed by atoms with E-state index in [-0.39, 0.29) is 6.10 Å². The molecule has 0 aromatic carbocycles. The van der Waals surface area contributed by atoms with E-state index in [1.807, 2.05) is 0 Å². The fraction of sp³-hybridized carbons (Fsp3) is 1.00. The standard InChI is InChI=1S/C10H21NO2/c1-3-4-10(12)7-11(2)9-5-6-13-8-9/h9-10,12H,3-8H2,1-2H3. The van der Waals surface area contributed by atoms with E-state index in [4.69, 9.17) is 4.74 Å². The van der Waals surface area contributed by atoms with Crippen LogP contribution >= 0.6 is 0 Å². The van der Waals surface area contributed by atoms with E-state index in [1.54, 1.807) is 0 Å². The summed E-state index contributed by atoms with van der Waals surface area (Å²) in [5.41, 5.74) is 0. The molecule has 2 atom stereocenters. The predicted molar refractivity (Wildman–Crippen MR) is 52.8 cm³/mol. The van der Waals surface area contributed by atoms with Gasteiger partial charge in [0.15, 0.2) is 0 Å². The number of aliphatic hydroxyl groups is 1. The van der Waals surface area contributed by atoms with E-state index < -0.39 is 0 Å². The summed E-state index contributed by atoms with van der Waals surface area (Å²) in [6.07, 6.45) is 2.89. The minimum Gasteiger partial charge on any atom is -0.392 e. The molecule has 0 amide bonds. The highest BCUT2D eigenvalue weighted by Crippen LogP contribution is 2.11. The van der Waals surface area contributed by atoms with Crippen LogP contribution in [0.3, 0.4) is 0 Å². The molecule has 0 aromatic heterocycles. The number of aliphatic hydroxyl groups excluding tert-OH is 1. The number of hydrogen-bond acceptors (Lipinski definition) is 3. The highest BCUT2D eigenvalue weighted by molar-refractivity contribution is 4.74. The fourth-order valence-corrected chi connectivity index (χ4v) is 1.78. The average molecular weight is 187 g/mol. The second kappa shape index (κ2) is 5.58. The lowest BCUT2D eigenvalue weighted by molar-refractivity contribution is 0.0890. The van der Waals surface area contributed by atoms with Crippen LogP contribution in [0.25, 0.3) is 0 Å². The maximum atomic E-state index is 9.60. The monoisotopic (exact) mass is 187 g/mol. The van der Waals surface area contributed by atoms with Crippen LogP contribution in [-0.2, 0) is 4.74 Å². The van der Waals surface area contributed by atoms with Gasteiger partial charge in [-0.25, -0.2) is 0 Å². The number of nitrogens with zero attached hydrogens (tertiary/aromatic N) is 1. The fourth-order valence-electron chi connectivity index (χ4n) is 1.78. The highest BCUT2D eigenvalue weighted by Gasteiger charge is 2.21. The summed E-state index contributed by atoms with van der Waals surface area (Å²) < 4.78 is 5.30. The molecular weight excluding hydrogens is 166 g/mol. The normalized spacial score (nSPS) is 25.4. The van der Waals surface area contributed by atoms with Crippen molar-refractivity contribution in [2.24, 2.45) is 0 Å². The van der Waals surface area contributed by atoms with Crippen LogP contribution in [0.5, 0.6) is 0 Å². The summed E-state index contributed by atoms with van der Waals surface area (Å²) in [6, 6.07) is 0.520. The molecule has 1 N–H and O–H groups in total. The Hall–Kier alpha value is -0.120. The van der Waals surface area contributed by atoms with Gasteiger partial charge in [0.05, 0.1) is 12.7 Å². The van der Waals surface area contributed by atoms with Crippen molar-refractivity contribution in [2.45, 2.75) is 38.3 Å². The zero-order valence-corrected chi connectivity index (χ0v) is 8.70. The molecule has 1 heterocycles. The molecule has 3 heteroatoms. The van der Waals surface area contributed by atoms with Gasteiger partial charge in [-0.05, 0) is 19.9 Å². The third-order valence-corrected chi connectivity index (χ3v) is 2.65. The lowest BCUT2D eigenvalue weighted by Crippen LogP contribution is -2.37. The van der Waals surface area contributed by atoms with Crippen LogP contribution < -0.4 is 0 Å². The Morgan fingerprint density at radius 3 is 2.92 bits per heavy atom. The van der Waals surface area contributed by atoms with Crippen LogP contribution in [0.4, 0.5) is 0 Å². The minimum absolute atomic E-state index is 0.171. The molecule has 0 bridgehead atoms. The van der Waals surface area contributed by atoms with E-state index in [0.717, 1.165) is 39.0 Å². The molecule has 1 saturated heterocycles. The summed E-state index contributed by atoms with van der Waals surface area (Å²) in [5, 5.41) is 9.60. The molecule has 13 heavy (non-hydrogen) atoms. The smallest absolute Gasteiger partial charge is 0.0667 e. The van der Waals surface area contributed by atoms with Crippen LogP contribution in [0.2, 0.25) is 0 Å². The first-order valence-corrected chi connectivity index (χ1v) is 5.20. The quantitative estimate of drug-likeness (QED) is 0.693. The maximum Gasteiger partial charge on any atom is 0.0667 e. The van der Waals surface area contributed by atoms with E-state index in [9.17, 15) is 5.11 Å². The molecule has 0 aromatic rings. The van der Waals surface area contributed by atoms with Crippen molar-refractivity contribution in [3.8, 4) is 0 Å². The largest absolute Gasteiger partial charge is 0.392 e. The SMILES string of the molecule is CCCC(O)CN(C)C1CCOC1. The first-order chi connectivity index (χ1) is 6.24. The molecule has 1 fully saturated rings. The van der Waals surface area contributed by atoms with Gasteiger partial charge in [-0.15, -0.1) is 0 Å². The second-order valence-electron chi connectivity index (χ2n) is 3.90. The zero-order valence-electron chi connectivity index (χ0n) is 8.70. The van der Waals surface area contributed by atoms with Gasteiger partial charge in [0.2, 0.25) is 0 Å². The Labute approximate surface area is 80.7 Å². The molecule has 78 valence electrons. The van der Waals surface area contributed by atoms with E-state index >= 15 is 0 Å². The molecule has 0 radical (unpaired) electrons. The van der Waals surface area contributed by atoms with Gasteiger partial charge >= 0.3 is 0 Å². The Bertz CT molecular complexity index is 135. The Kier molecular flexibility index (Phi) is 4.70. The number of hydrogen-bond donors (Lipinski definition) is 1. The summed E-state index contributed by atoms with van der Waals surface area (Å²) in [5.74, 6) is 0. The first-order valence-electron chi connectivity index (χ1n) is 5.20. The van der Waals surface area contributed by atoms with Crippen molar-refractivity contribution in [3.05, 3.63) is 0 Å². The van der Waals surface area contributed by atoms with Gasteiger partial charge in [-0.2, -0.15) is 0 Å². The topological polar surface area (TPSA) is 32.7 Å². The highest BCUT2D eigenvalue weighted by atomic mass is 16.5. The zero-order chi connectivity index (χ0) is 9.68. The van der Waals surface area contributed by atoms with Gasteiger partial charge < -0.3 is 9.84 Å². The maximum absolute atomic E-state index is 9.60. The van der Waals surface area contributed by atoms with Crippen molar-refractivity contribution in [1.82, 2.24) is 4.90 Å². The molecule has 1 aliphatic heterocycles. The van der Waals surface area contributed by atoms with Crippen molar-refractivity contribution in [1.29, 1.82) is 0 Å². The Balaban J connectivity index is 2.18.